The quantitative estimate of drug-likeness (QED) is 0.432. The van der Waals surface area contributed by atoms with Crippen LogP contribution in [0, 0.1) is 6.92 Å². The van der Waals surface area contributed by atoms with Crippen LogP contribution in [0.25, 0.3) is 0 Å². The monoisotopic (exact) mass is 337 g/mol. The molecule has 0 aliphatic carbocycles. The zero-order valence-electron chi connectivity index (χ0n) is 13.6. The Hall–Kier alpha value is -1.73. The molecule has 0 spiro atoms. The van der Waals surface area contributed by atoms with Crippen molar-refractivity contribution in [3.63, 3.8) is 0 Å². The molecule has 0 radical (unpaired) electrons. The van der Waals surface area contributed by atoms with Crippen LogP contribution in [-0.4, -0.2) is 32.9 Å². The van der Waals surface area contributed by atoms with Crippen LogP contribution in [0.2, 0.25) is 0 Å². The molecule has 5 nitrogen and oxygen atoms in total. The lowest BCUT2D eigenvalue weighted by Gasteiger charge is -2.23. The minimum Gasteiger partial charge on any atom is -0.375 e. The second-order valence-corrected chi connectivity index (χ2v) is 6.47. The van der Waals surface area contributed by atoms with Crippen LogP contribution >= 0.6 is 0 Å². The lowest BCUT2D eigenvalue weighted by Crippen LogP contribution is -2.41. The van der Waals surface area contributed by atoms with Crippen LogP contribution in [0.15, 0.2) is 65.6 Å². The van der Waals surface area contributed by atoms with E-state index in [1.54, 1.807) is 43.4 Å². The topological polar surface area (TPSA) is 75.6 Å². The number of hydrogen-bond donors (Lipinski definition) is 2. The maximum Gasteiger partial charge on any atom is 0.297 e. The second kappa shape index (κ2) is 8.79. The van der Waals surface area contributed by atoms with Crippen molar-refractivity contribution in [2.24, 2.45) is 0 Å². The van der Waals surface area contributed by atoms with Gasteiger partial charge in [0.15, 0.2) is 0 Å². The van der Waals surface area contributed by atoms with Crippen molar-refractivity contribution in [1.82, 2.24) is 5.32 Å². The molecular weight excluding hydrogens is 314 g/mol. The third kappa shape index (κ3) is 5.44. The summed E-state index contributed by atoms with van der Waals surface area (Å²) in [5.41, 5.74) is 1.46. The standard InChI is InChI=1S/C17H23NO4S/c1-5-7-8-14(6-2)16(17(19)18-4)22-23(20,21)15-11-9-13(3)10-12-15/h5-12,16-19H,1H2,2-4H3/b8-7-,14-6+/t16-,17?/m0/s1. The van der Waals surface area contributed by atoms with Crippen molar-refractivity contribution < 1.29 is 17.7 Å². The maximum atomic E-state index is 12.4. The van der Waals surface area contributed by atoms with Gasteiger partial charge >= 0.3 is 0 Å². The Bertz CT molecular complexity index is 675. The zero-order valence-corrected chi connectivity index (χ0v) is 14.4. The van der Waals surface area contributed by atoms with Gasteiger partial charge in [0.25, 0.3) is 10.1 Å². The van der Waals surface area contributed by atoms with E-state index in [2.05, 4.69) is 11.9 Å². The number of aliphatic hydroxyl groups is 1. The normalized spacial score (nSPS) is 15.6. The van der Waals surface area contributed by atoms with E-state index in [0.717, 1.165) is 5.56 Å². The van der Waals surface area contributed by atoms with Gasteiger partial charge < -0.3 is 5.11 Å². The Labute approximate surface area is 138 Å². The summed E-state index contributed by atoms with van der Waals surface area (Å²) in [5, 5.41) is 12.7. The van der Waals surface area contributed by atoms with Gasteiger partial charge in [-0.15, -0.1) is 0 Å². The van der Waals surface area contributed by atoms with Gasteiger partial charge in [0, 0.05) is 0 Å². The van der Waals surface area contributed by atoms with E-state index in [4.69, 9.17) is 4.18 Å². The average Bonchev–Trinajstić information content (AvgIpc) is 2.54. The van der Waals surface area contributed by atoms with Gasteiger partial charge in [-0.3, -0.25) is 9.50 Å². The Morgan fingerprint density at radius 2 is 1.96 bits per heavy atom. The molecule has 1 aromatic rings. The summed E-state index contributed by atoms with van der Waals surface area (Å²) in [6.45, 7) is 7.17. The molecule has 0 amide bonds. The van der Waals surface area contributed by atoms with E-state index >= 15 is 0 Å². The first-order valence-corrected chi connectivity index (χ1v) is 8.57. The van der Waals surface area contributed by atoms with Crippen LogP contribution in [0.3, 0.4) is 0 Å². The van der Waals surface area contributed by atoms with Crippen molar-refractivity contribution in [2.45, 2.75) is 31.1 Å². The van der Waals surface area contributed by atoms with Gasteiger partial charge in [0.2, 0.25) is 0 Å². The van der Waals surface area contributed by atoms with E-state index in [1.165, 1.54) is 19.2 Å². The van der Waals surface area contributed by atoms with Crippen LogP contribution in [0.1, 0.15) is 12.5 Å². The maximum absolute atomic E-state index is 12.4. The molecule has 1 rings (SSSR count). The van der Waals surface area contributed by atoms with E-state index in [9.17, 15) is 13.5 Å². The van der Waals surface area contributed by atoms with Gasteiger partial charge in [-0.25, -0.2) is 0 Å². The van der Waals surface area contributed by atoms with Gasteiger partial charge in [-0.05, 0) is 38.6 Å². The number of aliphatic hydroxyl groups excluding tert-OH is 1. The number of allylic oxidation sites excluding steroid dienone is 3. The van der Waals surface area contributed by atoms with E-state index in [0.29, 0.717) is 5.57 Å². The molecule has 23 heavy (non-hydrogen) atoms. The van der Waals surface area contributed by atoms with Crippen molar-refractivity contribution >= 4 is 10.1 Å². The highest BCUT2D eigenvalue weighted by Gasteiger charge is 2.28. The Morgan fingerprint density at radius 3 is 2.43 bits per heavy atom. The highest BCUT2D eigenvalue weighted by molar-refractivity contribution is 7.86. The Balaban J connectivity index is 3.16. The number of likely N-dealkylation sites (N-methyl/N-ethyl adjacent to an activating group) is 1. The predicted octanol–water partition coefficient (Wildman–Crippen LogP) is 2.30. The van der Waals surface area contributed by atoms with Crippen LogP contribution < -0.4 is 5.32 Å². The molecule has 0 bridgehead atoms. The fourth-order valence-electron chi connectivity index (χ4n) is 1.87. The highest BCUT2D eigenvalue weighted by atomic mass is 32.2. The van der Waals surface area contributed by atoms with Crippen molar-refractivity contribution in [3.05, 3.63) is 66.3 Å². The van der Waals surface area contributed by atoms with E-state index in [-0.39, 0.29) is 4.90 Å². The average molecular weight is 337 g/mol. The summed E-state index contributed by atoms with van der Waals surface area (Å²) in [6.07, 6.45) is 4.26. The summed E-state index contributed by atoms with van der Waals surface area (Å²) in [7, 11) is -2.49. The van der Waals surface area contributed by atoms with Crippen LogP contribution in [0.4, 0.5) is 0 Å². The number of hydrogen-bond acceptors (Lipinski definition) is 5. The van der Waals surface area contributed by atoms with Gasteiger partial charge in [0.05, 0.1) is 4.90 Å². The molecule has 2 N–H and O–H groups in total. The molecule has 6 heteroatoms. The summed E-state index contributed by atoms with van der Waals surface area (Å²) in [4.78, 5) is 0.0413. The molecule has 2 atom stereocenters. The largest absolute Gasteiger partial charge is 0.375 e. The van der Waals surface area contributed by atoms with Crippen LogP contribution in [-0.2, 0) is 14.3 Å². The van der Waals surface area contributed by atoms with Gasteiger partial charge in [-0.2, -0.15) is 8.42 Å². The summed E-state index contributed by atoms with van der Waals surface area (Å²) in [5.74, 6) is 0. The number of benzene rings is 1. The number of nitrogens with one attached hydrogen (secondary N) is 1. The second-order valence-electron chi connectivity index (χ2n) is 4.90. The first-order valence-electron chi connectivity index (χ1n) is 7.16. The summed E-state index contributed by atoms with van der Waals surface area (Å²) in [6, 6.07) is 6.33. The minimum atomic E-state index is -4.01. The van der Waals surface area contributed by atoms with Gasteiger partial charge in [-0.1, -0.05) is 48.6 Å². The van der Waals surface area contributed by atoms with Crippen molar-refractivity contribution in [1.29, 1.82) is 0 Å². The predicted molar refractivity (Wildman–Crippen MR) is 91.4 cm³/mol. The summed E-state index contributed by atoms with van der Waals surface area (Å²) < 4.78 is 30.1. The fourth-order valence-corrected chi connectivity index (χ4v) is 2.94. The molecule has 0 fully saturated rings. The van der Waals surface area contributed by atoms with Crippen molar-refractivity contribution in [3.8, 4) is 0 Å². The molecular formula is C17H23NO4S. The third-order valence-corrected chi connectivity index (χ3v) is 4.52. The number of rotatable bonds is 8. The molecule has 1 aromatic carbocycles. The smallest absolute Gasteiger partial charge is 0.297 e. The molecule has 0 saturated carbocycles. The third-order valence-electron chi connectivity index (χ3n) is 3.21. The number of aryl methyl sites for hydroxylation is 1. The van der Waals surface area contributed by atoms with E-state index in [1.807, 2.05) is 6.92 Å². The molecule has 0 heterocycles. The molecule has 0 aromatic heterocycles. The highest BCUT2D eigenvalue weighted by Crippen LogP contribution is 2.21. The molecule has 1 unspecified atom stereocenters. The van der Waals surface area contributed by atoms with E-state index < -0.39 is 22.4 Å². The fraction of sp³-hybridized carbons (Fsp3) is 0.294. The first-order chi connectivity index (χ1) is 10.9. The molecule has 0 aliphatic heterocycles. The zero-order chi connectivity index (χ0) is 17.5. The first kappa shape index (κ1) is 19.3. The Kier molecular flexibility index (Phi) is 7.38. The lowest BCUT2D eigenvalue weighted by molar-refractivity contribution is 0.0439. The summed E-state index contributed by atoms with van der Waals surface area (Å²) >= 11 is 0. The van der Waals surface area contributed by atoms with Gasteiger partial charge in [0.1, 0.15) is 12.3 Å². The molecule has 0 aliphatic rings. The SMILES string of the molecule is C=C/C=C\C(=C/C)[C@H](OS(=O)(=O)c1ccc(C)cc1)C(O)NC. The molecule has 126 valence electrons. The van der Waals surface area contributed by atoms with Crippen LogP contribution in [0.5, 0.6) is 0 Å². The lowest BCUT2D eigenvalue weighted by atomic mass is 10.1. The molecule has 0 saturated heterocycles. The Morgan fingerprint density at radius 1 is 1.35 bits per heavy atom. The minimum absolute atomic E-state index is 0.0413. The van der Waals surface area contributed by atoms with Crippen molar-refractivity contribution in [2.75, 3.05) is 7.05 Å².